The van der Waals surface area contributed by atoms with Crippen molar-refractivity contribution < 1.29 is 4.92 Å². The smallest absolute Gasteiger partial charge is 0.343 e. The van der Waals surface area contributed by atoms with Crippen molar-refractivity contribution in [1.82, 2.24) is 87.2 Å². The molecule has 25 heteroatoms. The lowest BCUT2D eigenvalue weighted by atomic mass is 10.1. The molecule has 0 amide bonds. The number of imidazole rings is 9. The molecule has 9 heterocycles. The average molecular weight is 1210 g/mol. The molecule has 9 aromatic heterocycles. The summed E-state index contributed by atoms with van der Waals surface area (Å²) in [4.78, 5) is 53.7. The molecule has 0 aliphatic rings. The minimum Gasteiger partial charge on any atom is -0.358 e. The molecule has 0 unspecified atom stereocenters. The number of hydrogen-bond donors (Lipinski definition) is 3. The molecule has 0 fully saturated rings. The third-order valence-electron chi connectivity index (χ3n) is 12.3. The summed E-state index contributed by atoms with van der Waals surface area (Å²) >= 11 is 22.3. The van der Waals surface area contributed by atoms with Gasteiger partial charge in [-0.05, 0) is 118 Å². The summed E-state index contributed by atoms with van der Waals surface area (Å²) in [5.74, 6) is 4.76. The van der Waals surface area contributed by atoms with Crippen molar-refractivity contribution >= 4 is 52.2 Å². The molecule has 0 atom stereocenters. The highest BCUT2D eigenvalue weighted by Gasteiger charge is 2.12. The zero-order valence-electron chi connectivity index (χ0n) is 50.6. The van der Waals surface area contributed by atoms with Crippen LogP contribution in [-0.2, 0) is 34.6 Å². The molecule has 0 bridgehead atoms. The first-order valence-corrected chi connectivity index (χ1v) is 27.5. The van der Waals surface area contributed by atoms with Crippen molar-refractivity contribution in [3.63, 3.8) is 0 Å². The van der Waals surface area contributed by atoms with E-state index in [1.807, 2.05) is 135 Å². The maximum absolute atomic E-state index is 10.2. The maximum Gasteiger partial charge on any atom is 0.343 e. The zero-order chi connectivity index (χ0) is 62.1. The maximum atomic E-state index is 10.2. The number of nitro groups is 1. The third kappa shape index (κ3) is 22.0. The van der Waals surface area contributed by atoms with Gasteiger partial charge in [-0.15, -0.1) is 0 Å². The molecule has 0 saturated carbocycles. The highest BCUT2D eigenvalue weighted by Crippen LogP contribution is 2.20. The number of H-pyrrole nitrogens is 3. The summed E-state index contributed by atoms with van der Waals surface area (Å²) in [6.07, 6.45) is 18.9. The number of aromatic amines is 3. The Hall–Kier alpha value is -8.11. The van der Waals surface area contributed by atoms with Crippen LogP contribution in [0, 0.1) is 100 Å². The summed E-state index contributed by atoms with van der Waals surface area (Å²) in [6, 6.07) is 16.5. The van der Waals surface area contributed by atoms with E-state index in [2.05, 4.69) is 139 Å². The van der Waals surface area contributed by atoms with Gasteiger partial charge in [0.1, 0.15) is 49.6 Å². The Labute approximate surface area is 506 Å². The van der Waals surface area contributed by atoms with Gasteiger partial charge in [-0.3, -0.25) is 0 Å². The number of hydrogen-bond acceptors (Lipinski definition) is 11. The Morgan fingerprint density at radius 2 is 1.05 bits per heavy atom. The first-order chi connectivity index (χ1) is 39.2. The van der Waals surface area contributed by atoms with Crippen LogP contribution < -0.4 is 0 Å². The van der Waals surface area contributed by atoms with Crippen molar-refractivity contribution in [2.45, 2.75) is 103 Å². The molecule has 444 valence electrons. The third-order valence-corrected chi connectivity index (χ3v) is 14.0. The first kappa shape index (κ1) is 69.2. The predicted octanol–water partition coefficient (Wildman–Crippen LogP) is 13.7. The molecule has 21 nitrogen and oxygen atoms in total. The molecule has 3 N–H and O–H groups in total. The quantitative estimate of drug-likeness (QED) is 0.111. The number of rotatable bonds is 4. The van der Waals surface area contributed by atoms with Crippen LogP contribution in [0.1, 0.15) is 87.0 Å². The van der Waals surface area contributed by atoms with Gasteiger partial charge in [0.05, 0.1) is 59.5 Å². The van der Waals surface area contributed by atoms with Crippen LogP contribution in [0.4, 0.5) is 5.82 Å². The van der Waals surface area contributed by atoms with E-state index < -0.39 is 4.92 Å². The molecule has 11 aromatic rings. The molecular weight excluding hydrogens is 1140 g/mol. The Kier molecular flexibility index (Phi) is 28.6. The number of aromatic nitrogens is 18. The van der Waals surface area contributed by atoms with Gasteiger partial charge in [0.25, 0.3) is 0 Å². The van der Waals surface area contributed by atoms with Gasteiger partial charge < -0.3 is 47.5 Å². The average Bonchev–Trinajstić information content (AvgIpc) is 4.46. The van der Waals surface area contributed by atoms with E-state index in [1.165, 1.54) is 28.2 Å². The van der Waals surface area contributed by atoms with E-state index in [0.29, 0.717) is 32.1 Å². The number of halogens is 4. The lowest BCUT2D eigenvalue weighted by Crippen LogP contribution is -2.00. The lowest BCUT2D eigenvalue weighted by Gasteiger charge is -2.11. The Morgan fingerprint density at radius 1 is 0.530 bits per heavy atom. The normalized spacial score (nSPS) is 9.95. The largest absolute Gasteiger partial charge is 0.358 e. The molecule has 0 spiro atoms. The minimum atomic E-state index is -0.477. The summed E-state index contributed by atoms with van der Waals surface area (Å²) in [5.41, 5.74) is 11.7. The predicted molar refractivity (Wildman–Crippen MR) is 333 cm³/mol. The second kappa shape index (κ2) is 34.4. The van der Waals surface area contributed by atoms with E-state index in [4.69, 9.17) is 46.4 Å². The molecule has 11 rings (SSSR count). The van der Waals surface area contributed by atoms with Crippen LogP contribution in [-0.4, -0.2) is 92.1 Å². The number of nitrogens with zero attached hydrogens (tertiary/aromatic N) is 16. The summed E-state index contributed by atoms with van der Waals surface area (Å²) < 4.78 is 12.0. The molecular formula is C58H77Cl4N19O2. The van der Waals surface area contributed by atoms with Crippen LogP contribution in [0.2, 0.25) is 20.6 Å². The number of benzene rings is 2. The van der Waals surface area contributed by atoms with Gasteiger partial charge in [-0.2, -0.15) is 0 Å². The highest BCUT2D eigenvalue weighted by molar-refractivity contribution is 6.30. The molecule has 0 saturated heterocycles. The summed E-state index contributed by atoms with van der Waals surface area (Å²) in [5, 5.41) is 12.6. The Morgan fingerprint density at radius 3 is 1.30 bits per heavy atom. The zero-order valence-corrected chi connectivity index (χ0v) is 53.6. The summed E-state index contributed by atoms with van der Waals surface area (Å²) in [7, 11) is 7.81. The van der Waals surface area contributed by atoms with Gasteiger partial charge in [0, 0.05) is 83.7 Å². The fraction of sp³-hybridized carbons (Fsp3) is 0.328. The molecule has 0 aliphatic carbocycles. The standard InChI is InChI=1S/C12H14N2.C10H10N2.C8H14N2.2C5H7ClN2.C5H7N3O2.C5H8N2.2C4H5ClN2/c1-9-5-4-6-10(2)12(9)14-8-7-13-11(14)3;1-9-11-7-8-12(9)10-5-3-2-4-6-10;1-5-8-6(2)9-7(3)10(8)4;1-4-5(6)7-3-8(4)2;1-4-5(6)8(2)3-7-4;1-3-5(8(9)10)7-4(2)6-3;1-5-6-3-4-7(5)2;2*1-3-4(5)7-2-6-3/h4-8H,1-3H3;2-8H,1H3;5H2,1-4H3;2*3H,1-2H3;1-2H3,(H,6,7);3-4H,1-2H3;2*2H,1H3,(H,6,7). The van der Waals surface area contributed by atoms with Crippen LogP contribution in [0.25, 0.3) is 11.4 Å². The Balaban J connectivity index is 0.000000247. The van der Waals surface area contributed by atoms with Gasteiger partial charge >= 0.3 is 5.82 Å². The van der Waals surface area contributed by atoms with E-state index >= 15 is 0 Å². The van der Waals surface area contributed by atoms with Crippen molar-refractivity contribution in [3.05, 3.63) is 222 Å². The van der Waals surface area contributed by atoms with E-state index in [-0.39, 0.29) is 5.82 Å². The second-order valence-electron chi connectivity index (χ2n) is 18.6. The monoisotopic (exact) mass is 1210 g/mol. The van der Waals surface area contributed by atoms with Gasteiger partial charge in [-0.1, -0.05) is 89.7 Å². The lowest BCUT2D eigenvalue weighted by molar-refractivity contribution is -0.389. The SMILES string of the molecule is CCc1c(C)nc(C)n1C.Cc1[nH]cnc1Cl.Cc1[nH]cnc1Cl.Cc1c(Cl)ncn1C.Cc1cccc(C)c1-n1ccnc1C.Cc1nc(C)c([N+](=O)[O-])[nH]1.Cc1nccn1-c1ccccc1.Cc1nccn1C.Cc1ncn(C)c1Cl. The van der Waals surface area contributed by atoms with Crippen molar-refractivity contribution in [1.29, 1.82) is 0 Å². The van der Waals surface area contributed by atoms with E-state index in [1.54, 1.807) is 49.9 Å². The first-order valence-electron chi connectivity index (χ1n) is 26.0. The van der Waals surface area contributed by atoms with Crippen molar-refractivity contribution in [2.24, 2.45) is 28.2 Å². The highest BCUT2D eigenvalue weighted by atomic mass is 35.5. The fourth-order valence-corrected chi connectivity index (χ4v) is 7.72. The topological polar surface area (TPSA) is 236 Å². The van der Waals surface area contributed by atoms with Crippen molar-refractivity contribution in [3.8, 4) is 11.4 Å². The Bertz CT molecular complexity index is 3420. The summed E-state index contributed by atoms with van der Waals surface area (Å²) in [6.45, 7) is 27.3. The van der Waals surface area contributed by atoms with Gasteiger partial charge in [-0.25, -0.2) is 49.8 Å². The van der Waals surface area contributed by atoms with Gasteiger partial charge in [0.15, 0.2) is 5.82 Å². The van der Waals surface area contributed by atoms with E-state index in [9.17, 15) is 10.1 Å². The fourth-order valence-electron chi connectivity index (χ4n) is 7.24. The molecule has 2 aromatic carbocycles. The van der Waals surface area contributed by atoms with Crippen LogP contribution >= 0.6 is 46.4 Å². The number of nitrogens with one attached hydrogen (secondary N) is 3. The molecule has 83 heavy (non-hydrogen) atoms. The van der Waals surface area contributed by atoms with E-state index in [0.717, 1.165) is 58.2 Å². The van der Waals surface area contributed by atoms with Gasteiger partial charge in [0.2, 0.25) is 0 Å². The minimum absolute atomic E-state index is 0.0162. The van der Waals surface area contributed by atoms with Crippen LogP contribution in [0.5, 0.6) is 0 Å². The number of para-hydroxylation sites is 2. The van der Waals surface area contributed by atoms with Crippen molar-refractivity contribution in [2.75, 3.05) is 0 Å². The second-order valence-corrected chi connectivity index (χ2v) is 20.0. The van der Waals surface area contributed by atoms with Crippen LogP contribution in [0.3, 0.4) is 0 Å². The number of aryl methyl sites for hydroxylation is 15. The molecule has 0 radical (unpaired) electrons. The van der Waals surface area contributed by atoms with Crippen LogP contribution in [0.15, 0.2) is 111 Å². The molecule has 0 aliphatic heterocycles.